The Morgan fingerprint density at radius 1 is 1.35 bits per heavy atom. The van der Waals surface area contributed by atoms with Crippen LogP contribution in [0.3, 0.4) is 0 Å². The SMILES string of the molecule is CCCC(C(=O)OCC)C(O)c1ccc(C(C)(C)C)s1. The average Bonchev–Trinajstić information content (AvgIpc) is 2.84. The zero-order chi connectivity index (χ0) is 15.3. The van der Waals surface area contributed by atoms with Gasteiger partial charge in [0.2, 0.25) is 0 Å². The molecule has 0 aliphatic carbocycles. The molecule has 0 aliphatic heterocycles. The Bertz CT molecular complexity index is 431. The minimum Gasteiger partial charge on any atom is -0.466 e. The van der Waals surface area contributed by atoms with Gasteiger partial charge in [-0.05, 0) is 30.9 Å². The molecule has 0 amide bonds. The van der Waals surface area contributed by atoms with Crippen LogP contribution >= 0.6 is 11.3 Å². The Morgan fingerprint density at radius 3 is 2.45 bits per heavy atom. The summed E-state index contributed by atoms with van der Waals surface area (Å²) >= 11 is 1.58. The van der Waals surface area contributed by atoms with E-state index in [1.807, 2.05) is 19.1 Å². The maximum Gasteiger partial charge on any atom is 0.311 e. The predicted octanol–water partition coefficient (Wildman–Crippen LogP) is 4.06. The molecule has 0 fully saturated rings. The molecule has 0 saturated heterocycles. The molecule has 0 spiro atoms. The summed E-state index contributed by atoms with van der Waals surface area (Å²) < 4.78 is 5.08. The summed E-state index contributed by atoms with van der Waals surface area (Å²) in [6.45, 7) is 10.6. The highest BCUT2D eigenvalue weighted by molar-refractivity contribution is 7.12. The smallest absolute Gasteiger partial charge is 0.311 e. The monoisotopic (exact) mass is 298 g/mol. The van der Waals surface area contributed by atoms with Crippen LogP contribution < -0.4 is 0 Å². The summed E-state index contributed by atoms with van der Waals surface area (Å²) in [5, 5.41) is 10.5. The molecular weight excluding hydrogens is 272 g/mol. The lowest BCUT2D eigenvalue weighted by atomic mass is 9.94. The summed E-state index contributed by atoms with van der Waals surface area (Å²) in [5.41, 5.74) is 0.0623. The van der Waals surface area contributed by atoms with E-state index in [9.17, 15) is 9.90 Å². The van der Waals surface area contributed by atoms with E-state index in [4.69, 9.17) is 4.74 Å². The number of esters is 1. The molecule has 1 aromatic heterocycles. The van der Waals surface area contributed by atoms with Crippen molar-refractivity contribution in [3.63, 3.8) is 0 Å². The fraction of sp³-hybridized carbons (Fsp3) is 0.688. The Hall–Kier alpha value is -0.870. The summed E-state index contributed by atoms with van der Waals surface area (Å²) in [6, 6.07) is 3.97. The molecule has 1 N–H and O–H groups in total. The third-order valence-corrected chi connectivity index (χ3v) is 4.81. The fourth-order valence-corrected chi connectivity index (χ4v) is 3.20. The largest absolute Gasteiger partial charge is 0.466 e. The van der Waals surface area contributed by atoms with E-state index in [1.165, 1.54) is 4.88 Å². The Balaban J connectivity index is 2.91. The van der Waals surface area contributed by atoms with E-state index in [2.05, 4.69) is 20.8 Å². The van der Waals surface area contributed by atoms with Crippen molar-refractivity contribution in [1.29, 1.82) is 0 Å². The topological polar surface area (TPSA) is 46.5 Å². The van der Waals surface area contributed by atoms with Crippen LogP contribution in [0.4, 0.5) is 0 Å². The van der Waals surface area contributed by atoms with Crippen molar-refractivity contribution in [3.05, 3.63) is 21.9 Å². The molecule has 0 saturated carbocycles. The van der Waals surface area contributed by atoms with Gasteiger partial charge in [-0.2, -0.15) is 0 Å². The molecule has 0 aromatic carbocycles. The zero-order valence-corrected chi connectivity index (χ0v) is 13.9. The third-order valence-electron chi connectivity index (χ3n) is 3.23. The van der Waals surface area contributed by atoms with Crippen molar-refractivity contribution in [2.45, 2.75) is 59.0 Å². The van der Waals surface area contributed by atoms with Gasteiger partial charge < -0.3 is 9.84 Å². The Morgan fingerprint density at radius 2 is 2.00 bits per heavy atom. The number of thiophene rings is 1. The molecule has 114 valence electrons. The highest BCUT2D eigenvalue weighted by Gasteiger charge is 2.30. The maximum absolute atomic E-state index is 12.0. The van der Waals surface area contributed by atoms with E-state index in [1.54, 1.807) is 18.3 Å². The summed E-state index contributed by atoms with van der Waals surface area (Å²) in [5.74, 6) is -0.765. The van der Waals surface area contributed by atoms with E-state index >= 15 is 0 Å². The van der Waals surface area contributed by atoms with Crippen LogP contribution in [-0.4, -0.2) is 17.7 Å². The lowest BCUT2D eigenvalue weighted by Crippen LogP contribution is -2.24. The number of hydrogen-bond acceptors (Lipinski definition) is 4. The quantitative estimate of drug-likeness (QED) is 0.806. The molecule has 0 bridgehead atoms. The highest BCUT2D eigenvalue weighted by atomic mass is 32.1. The number of rotatable bonds is 6. The minimum absolute atomic E-state index is 0.0623. The van der Waals surface area contributed by atoms with E-state index in [0.29, 0.717) is 13.0 Å². The molecule has 0 radical (unpaired) electrons. The number of aliphatic hydroxyl groups is 1. The zero-order valence-electron chi connectivity index (χ0n) is 13.1. The summed E-state index contributed by atoms with van der Waals surface area (Å²) in [6.07, 6.45) is 0.718. The number of carbonyl (C=O) groups is 1. The fourth-order valence-electron chi connectivity index (χ4n) is 2.08. The molecule has 1 aromatic rings. The third kappa shape index (κ3) is 4.32. The van der Waals surface area contributed by atoms with Gasteiger partial charge in [0.15, 0.2) is 0 Å². The first-order valence-electron chi connectivity index (χ1n) is 7.26. The van der Waals surface area contributed by atoms with Crippen LogP contribution in [0.2, 0.25) is 0 Å². The predicted molar refractivity (Wildman–Crippen MR) is 83.0 cm³/mol. The van der Waals surface area contributed by atoms with Crippen LogP contribution in [-0.2, 0) is 14.9 Å². The van der Waals surface area contributed by atoms with Gasteiger partial charge in [-0.3, -0.25) is 4.79 Å². The van der Waals surface area contributed by atoms with Crippen molar-refractivity contribution in [2.24, 2.45) is 5.92 Å². The van der Waals surface area contributed by atoms with Gasteiger partial charge in [-0.25, -0.2) is 0 Å². The van der Waals surface area contributed by atoms with Gasteiger partial charge in [0.05, 0.1) is 12.5 Å². The molecule has 20 heavy (non-hydrogen) atoms. The van der Waals surface area contributed by atoms with Crippen molar-refractivity contribution in [2.75, 3.05) is 6.61 Å². The van der Waals surface area contributed by atoms with E-state index in [0.717, 1.165) is 11.3 Å². The lowest BCUT2D eigenvalue weighted by Gasteiger charge is -2.20. The molecular formula is C16H26O3S. The first-order valence-corrected chi connectivity index (χ1v) is 8.07. The van der Waals surface area contributed by atoms with Gasteiger partial charge in [-0.15, -0.1) is 11.3 Å². The van der Waals surface area contributed by atoms with Crippen LogP contribution in [0.25, 0.3) is 0 Å². The second-order valence-electron chi connectivity index (χ2n) is 6.04. The molecule has 1 heterocycles. The highest BCUT2D eigenvalue weighted by Crippen LogP contribution is 2.36. The second-order valence-corrected chi connectivity index (χ2v) is 7.16. The average molecular weight is 298 g/mol. The molecule has 2 unspecified atom stereocenters. The number of hydrogen-bond donors (Lipinski definition) is 1. The van der Waals surface area contributed by atoms with Gasteiger partial charge in [0.25, 0.3) is 0 Å². The Labute approximate surface area is 126 Å². The molecule has 1 rings (SSSR count). The second kappa shape index (κ2) is 7.23. The van der Waals surface area contributed by atoms with Gasteiger partial charge in [0.1, 0.15) is 6.10 Å². The number of ether oxygens (including phenoxy) is 1. The molecule has 0 aliphatic rings. The minimum atomic E-state index is -0.768. The van der Waals surface area contributed by atoms with Crippen molar-refractivity contribution < 1.29 is 14.6 Å². The van der Waals surface area contributed by atoms with Crippen LogP contribution in [0.5, 0.6) is 0 Å². The van der Waals surface area contributed by atoms with Gasteiger partial charge >= 0.3 is 5.97 Å². The molecule has 3 nitrogen and oxygen atoms in total. The first-order chi connectivity index (χ1) is 9.31. The van der Waals surface area contributed by atoms with Gasteiger partial charge in [-0.1, -0.05) is 34.1 Å². The molecule has 2 atom stereocenters. The maximum atomic E-state index is 12.0. The summed E-state index contributed by atoms with van der Waals surface area (Å²) in [4.78, 5) is 14.0. The van der Waals surface area contributed by atoms with Gasteiger partial charge in [0, 0.05) is 9.75 Å². The van der Waals surface area contributed by atoms with E-state index < -0.39 is 12.0 Å². The van der Waals surface area contributed by atoms with Crippen LogP contribution in [0.15, 0.2) is 12.1 Å². The molecule has 4 heteroatoms. The number of aliphatic hydroxyl groups excluding tert-OH is 1. The van der Waals surface area contributed by atoms with Crippen LogP contribution in [0.1, 0.15) is 63.3 Å². The van der Waals surface area contributed by atoms with Crippen molar-refractivity contribution >= 4 is 17.3 Å². The normalized spacial score (nSPS) is 14.9. The van der Waals surface area contributed by atoms with Crippen molar-refractivity contribution in [1.82, 2.24) is 0 Å². The Kier molecular flexibility index (Phi) is 6.21. The standard InChI is InChI=1S/C16H26O3S/c1-6-8-11(15(18)19-7-2)14(17)12-9-10-13(20-12)16(3,4)5/h9-11,14,17H,6-8H2,1-5H3. The van der Waals surface area contributed by atoms with E-state index in [-0.39, 0.29) is 11.4 Å². The van der Waals surface area contributed by atoms with Crippen molar-refractivity contribution in [3.8, 4) is 0 Å². The summed E-state index contributed by atoms with van der Waals surface area (Å²) in [7, 11) is 0. The first kappa shape index (κ1) is 17.2. The number of carbonyl (C=O) groups excluding carboxylic acids is 1. The van der Waals surface area contributed by atoms with Crippen LogP contribution in [0, 0.1) is 5.92 Å². The lowest BCUT2D eigenvalue weighted by molar-refractivity contribution is -0.152.